The number of para-hydroxylation sites is 3. The molecule has 0 N–H and O–H groups in total. The molecule has 1 saturated heterocycles. The van der Waals surface area contributed by atoms with Crippen LogP contribution in [0, 0.1) is 0 Å². The molecule has 3 aromatic rings. The van der Waals surface area contributed by atoms with Crippen LogP contribution in [0.4, 0.5) is 5.69 Å². The SMILES string of the molecule is O=C([C@H]1CN(C(=O)c2ccc(COc3ccccc3)cc2)c2ccccc2O1)N1CCOCC1. The Morgan fingerprint density at radius 1 is 0.882 bits per heavy atom. The van der Waals surface area contributed by atoms with Crippen LogP contribution in [0.5, 0.6) is 11.5 Å². The standard InChI is InChI=1S/C27H26N2O5/c30-26(21-12-10-20(11-13-21)19-33-22-6-2-1-3-7-22)29-18-25(27(31)28-14-16-32-17-15-28)34-24-9-5-4-8-23(24)29/h1-13,25H,14-19H2/t25-/m1/s1. The highest BCUT2D eigenvalue weighted by atomic mass is 16.5. The van der Waals surface area contributed by atoms with Crippen LogP contribution in [0.15, 0.2) is 78.9 Å². The van der Waals surface area contributed by atoms with Crippen molar-refractivity contribution in [3.8, 4) is 11.5 Å². The summed E-state index contributed by atoms with van der Waals surface area (Å²) in [5.74, 6) is 1.03. The molecule has 0 radical (unpaired) electrons. The fraction of sp³-hybridized carbons (Fsp3) is 0.259. The van der Waals surface area contributed by atoms with E-state index >= 15 is 0 Å². The fourth-order valence-corrected chi connectivity index (χ4v) is 4.13. The van der Waals surface area contributed by atoms with Gasteiger partial charge in [0.1, 0.15) is 18.1 Å². The number of ether oxygens (including phenoxy) is 3. The first-order chi connectivity index (χ1) is 16.7. The molecule has 1 fully saturated rings. The number of amides is 2. The zero-order chi connectivity index (χ0) is 23.3. The van der Waals surface area contributed by atoms with Crippen molar-refractivity contribution in [1.82, 2.24) is 4.90 Å². The number of hydrogen-bond donors (Lipinski definition) is 0. The first kappa shape index (κ1) is 22.0. The Morgan fingerprint density at radius 2 is 1.59 bits per heavy atom. The summed E-state index contributed by atoms with van der Waals surface area (Å²) < 4.78 is 17.2. The molecular formula is C27H26N2O5. The minimum absolute atomic E-state index is 0.121. The van der Waals surface area contributed by atoms with Gasteiger partial charge < -0.3 is 24.0 Å². The Balaban J connectivity index is 1.32. The molecule has 2 aliphatic rings. The zero-order valence-corrected chi connectivity index (χ0v) is 18.8. The van der Waals surface area contributed by atoms with Crippen molar-refractivity contribution >= 4 is 17.5 Å². The summed E-state index contributed by atoms with van der Waals surface area (Å²) in [4.78, 5) is 30.0. The van der Waals surface area contributed by atoms with E-state index in [2.05, 4.69) is 0 Å². The van der Waals surface area contributed by atoms with Crippen LogP contribution in [-0.2, 0) is 16.1 Å². The van der Waals surface area contributed by atoms with E-state index in [-0.39, 0.29) is 18.4 Å². The van der Waals surface area contributed by atoms with Gasteiger partial charge in [-0.2, -0.15) is 0 Å². The van der Waals surface area contributed by atoms with E-state index in [4.69, 9.17) is 14.2 Å². The van der Waals surface area contributed by atoms with Gasteiger partial charge in [0.25, 0.3) is 11.8 Å². The average molecular weight is 459 g/mol. The molecule has 7 nitrogen and oxygen atoms in total. The summed E-state index contributed by atoms with van der Waals surface area (Å²) in [5.41, 5.74) is 2.16. The highest BCUT2D eigenvalue weighted by Crippen LogP contribution is 2.34. The number of benzene rings is 3. The molecule has 2 amide bonds. The number of carbonyl (C=O) groups is 2. The van der Waals surface area contributed by atoms with Gasteiger partial charge in [0.15, 0.2) is 6.10 Å². The molecule has 2 heterocycles. The molecule has 1 atom stereocenters. The molecule has 0 unspecified atom stereocenters. The number of anilines is 1. The van der Waals surface area contributed by atoms with Gasteiger partial charge in [-0.1, -0.05) is 42.5 Å². The Bertz CT molecular complexity index is 1140. The van der Waals surface area contributed by atoms with Crippen molar-refractivity contribution in [2.24, 2.45) is 0 Å². The molecule has 0 aliphatic carbocycles. The maximum absolute atomic E-state index is 13.5. The lowest BCUT2D eigenvalue weighted by atomic mass is 10.1. The number of fused-ring (bicyclic) bond motifs is 1. The van der Waals surface area contributed by atoms with Crippen molar-refractivity contribution in [3.63, 3.8) is 0 Å². The minimum atomic E-state index is -0.754. The smallest absolute Gasteiger partial charge is 0.265 e. The third-order valence-corrected chi connectivity index (χ3v) is 5.97. The van der Waals surface area contributed by atoms with E-state index in [0.29, 0.717) is 49.9 Å². The van der Waals surface area contributed by atoms with Crippen LogP contribution in [0.3, 0.4) is 0 Å². The molecule has 34 heavy (non-hydrogen) atoms. The number of morpholine rings is 1. The third kappa shape index (κ3) is 4.75. The first-order valence-corrected chi connectivity index (χ1v) is 11.4. The summed E-state index contributed by atoms with van der Waals surface area (Å²) >= 11 is 0. The van der Waals surface area contributed by atoms with Gasteiger partial charge >= 0.3 is 0 Å². The Kier molecular flexibility index (Phi) is 6.44. The third-order valence-electron chi connectivity index (χ3n) is 5.97. The fourth-order valence-electron chi connectivity index (χ4n) is 4.13. The largest absolute Gasteiger partial charge is 0.489 e. The van der Waals surface area contributed by atoms with E-state index in [0.717, 1.165) is 11.3 Å². The van der Waals surface area contributed by atoms with Crippen LogP contribution < -0.4 is 14.4 Å². The lowest BCUT2D eigenvalue weighted by Crippen LogP contribution is -2.54. The number of hydrogen-bond acceptors (Lipinski definition) is 5. The second-order valence-electron chi connectivity index (χ2n) is 8.23. The molecule has 174 valence electrons. The highest BCUT2D eigenvalue weighted by Gasteiger charge is 2.36. The summed E-state index contributed by atoms with van der Waals surface area (Å²) in [5, 5.41) is 0. The monoisotopic (exact) mass is 458 g/mol. The molecule has 7 heteroatoms. The summed E-state index contributed by atoms with van der Waals surface area (Å²) in [6.45, 7) is 2.65. The molecule has 2 aliphatic heterocycles. The number of carbonyl (C=O) groups excluding carboxylic acids is 2. The van der Waals surface area contributed by atoms with E-state index in [1.165, 1.54) is 0 Å². The van der Waals surface area contributed by atoms with Gasteiger partial charge in [-0.25, -0.2) is 0 Å². The normalized spacial score (nSPS) is 17.5. The van der Waals surface area contributed by atoms with Crippen molar-refractivity contribution in [2.75, 3.05) is 37.7 Å². The highest BCUT2D eigenvalue weighted by molar-refractivity contribution is 6.07. The van der Waals surface area contributed by atoms with Crippen molar-refractivity contribution in [2.45, 2.75) is 12.7 Å². The molecule has 0 aromatic heterocycles. The first-order valence-electron chi connectivity index (χ1n) is 11.4. The van der Waals surface area contributed by atoms with E-state index < -0.39 is 6.10 Å². The summed E-state index contributed by atoms with van der Waals surface area (Å²) in [6.07, 6.45) is -0.754. The summed E-state index contributed by atoms with van der Waals surface area (Å²) in [6, 6.07) is 24.3. The molecule has 0 bridgehead atoms. The van der Waals surface area contributed by atoms with Crippen LogP contribution >= 0.6 is 0 Å². The van der Waals surface area contributed by atoms with Crippen LogP contribution in [0.1, 0.15) is 15.9 Å². The predicted molar refractivity (Wildman–Crippen MR) is 127 cm³/mol. The van der Waals surface area contributed by atoms with Crippen LogP contribution in [0.25, 0.3) is 0 Å². The maximum atomic E-state index is 13.5. The second kappa shape index (κ2) is 9.97. The summed E-state index contributed by atoms with van der Waals surface area (Å²) in [7, 11) is 0. The quantitative estimate of drug-likeness (QED) is 0.585. The van der Waals surface area contributed by atoms with Crippen molar-refractivity contribution < 1.29 is 23.8 Å². The van der Waals surface area contributed by atoms with Gasteiger partial charge in [-0.05, 0) is 42.0 Å². The zero-order valence-electron chi connectivity index (χ0n) is 18.8. The lowest BCUT2D eigenvalue weighted by molar-refractivity contribution is -0.142. The van der Waals surface area contributed by atoms with Gasteiger partial charge in [0, 0.05) is 18.7 Å². The number of nitrogens with zero attached hydrogens (tertiary/aromatic N) is 2. The van der Waals surface area contributed by atoms with E-state index in [1.54, 1.807) is 28.0 Å². The van der Waals surface area contributed by atoms with E-state index in [1.807, 2.05) is 60.7 Å². The van der Waals surface area contributed by atoms with Crippen molar-refractivity contribution in [3.05, 3.63) is 90.0 Å². The average Bonchev–Trinajstić information content (AvgIpc) is 2.92. The Morgan fingerprint density at radius 3 is 2.35 bits per heavy atom. The topological polar surface area (TPSA) is 68.3 Å². The Labute approximate surface area is 198 Å². The second-order valence-corrected chi connectivity index (χ2v) is 8.23. The van der Waals surface area contributed by atoms with Crippen LogP contribution in [0.2, 0.25) is 0 Å². The molecule has 3 aromatic carbocycles. The lowest BCUT2D eigenvalue weighted by Gasteiger charge is -2.37. The van der Waals surface area contributed by atoms with Gasteiger partial charge in [-0.15, -0.1) is 0 Å². The Hall–Kier alpha value is -3.84. The van der Waals surface area contributed by atoms with Gasteiger partial charge in [0.05, 0.1) is 25.4 Å². The molecule has 0 saturated carbocycles. The number of rotatable bonds is 5. The van der Waals surface area contributed by atoms with Crippen molar-refractivity contribution in [1.29, 1.82) is 0 Å². The maximum Gasteiger partial charge on any atom is 0.265 e. The molecular weight excluding hydrogens is 432 g/mol. The molecule has 0 spiro atoms. The molecule has 5 rings (SSSR count). The minimum Gasteiger partial charge on any atom is -0.489 e. The van der Waals surface area contributed by atoms with Gasteiger partial charge in [-0.3, -0.25) is 9.59 Å². The van der Waals surface area contributed by atoms with Gasteiger partial charge in [0.2, 0.25) is 0 Å². The van der Waals surface area contributed by atoms with Crippen LogP contribution in [-0.4, -0.2) is 55.7 Å². The predicted octanol–water partition coefficient (Wildman–Crippen LogP) is 3.53. The van der Waals surface area contributed by atoms with E-state index in [9.17, 15) is 9.59 Å².